The van der Waals surface area contributed by atoms with Crippen molar-refractivity contribution in [2.45, 2.75) is 6.04 Å². The first-order chi connectivity index (χ1) is 8.24. The summed E-state index contributed by atoms with van der Waals surface area (Å²) in [6.07, 6.45) is 1.81. The minimum atomic E-state index is 0.0667. The van der Waals surface area contributed by atoms with E-state index < -0.39 is 0 Å². The van der Waals surface area contributed by atoms with Crippen LogP contribution in [0.15, 0.2) is 30.9 Å². The van der Waals surface area contributed by atoms with E-state index in [-0.39, 0.29) is 6.04 Å². The van der Waals surface area contributed by atoms with Gasteiger partial charge in [0.2, 0.25) is 0 Å². The van der Waals surface area contributed by atoms with E-state index >= 15 is 0 Å². The predicted molar refractivity (Wildman–Crippen MR) is 69.5 cm³/mol. The maximum absolute atomic E-state index is 5.75. The van der Waals surface area contributed by atoms with Crippen molar-refractivity contribution in [3.8, 4) is 11.5 Å². The third-order valence-electron chi connectivity index (χ3n) is 2.52. The third kappa shape index (κ3) is 3.76. The van der Waals surface area contributed by atoms with Gasteiger partial charge in [-0.15, -0.1) is 6.58 Å². The molecule has 1 atom stereocenters. The van der Waals surface area contributed by atoms with Crippen LogP contribution in [0.4, 0.5) is 0 Å². The van der Waals surface area contributed by atoms with Crippen LogP contribution >= 0.6 is 0 Å². The SMILES string of the molecule is C=CCNC(CN)c1cc(OC)cc(OC)c1. The van der Waals surface area contributed by atoms with Crippen LogP contribution in [0.5, 0.6) is 11.5 Å². The predicted octanol–water partition coefficient (Wildman–Crippen LogP) is 1.48. The van der Waals surface area contributed by atoms with Crippen molar-refractivity contribution in [3.05, 3.63) is 36.4 Å². The first-order valence-corrected chi connectivity index (χ1v) is 5.52. The Balaban J connectivity index is 2.96. The number of hydrogen-bond acceptors (Lipinski definition) is 4. The molecule has 1 rings (SSSR count). The number of hydrogen-bond donors (Lipinski definition) is 2. The van der Waals surface area contributed by atoms with Crippen molar-refractivity contribution in [2.24, 2.45) is 5.73 Å². The third-order valence-corrected chi connectivity index (χ3v) is 2.52. The molecule has 94 valence electrons. The summed E-state index contributed by atoms with van der Waals surface area (Å²) in [5.41, 5.74) is 6.80. The molecule has 0 spiro atoms. The Morgan fingerprint density at radius 3 is 2.29 bits per heavy atom. The fourth-order valence-corrected chi connectivity index (χ4v) is 1.59. The molecule has 1 aromatic rings. The molecule has 0 saturated carbocycles. The van der Waals surface area contributed by atoms with Crippen LogP contribution in [-0.4, -0.2) is 27.3 Å². The van der Waals surface area contributed by atoms with Gasteiger partial charge in [0.1, 0.15) is 11.5 Å². The van der Waals surface area contributed by atoms with Gasteiger partial charge in [-0.25, -0.2) is 0 Å². The van der Waals surface area contributed by atoms with E-state index in [0.29, 0.717) is 13.1 Å². The van der Waals surface area contributed by atoms with Gasteiger partial charge < -0.3 is 20.5 Å². The van der Waals surface area contributed by atoms with E-state index in [1.807, 2.05) is 18.2 Å². The van der Waals surface area contributed by atoms with Gasteiger partial charge in [-0.05, 0) is 17.7 Å². The van der Waals surface area contributed by atoms with Crippen molar-refractivity contribution in [3.63, 3.8) is 0 Å². The minimum Gasteiger partial charge on any atom is -0.497 e. The smallest absolute Gasteiger partial charge is 0.122 e. The molecule has 0 radical (unpaired) electrons. The molecule has 0 aliphatic carbocycles. The second kappa shape index (κ2) is 6.93. The fourth-order valence-electron chi connectivity index (χ4n) is 1.59. The molecule has 1 unspecified atom stereocenters. The lowest BCUT2D eigenvalue weighted by atomic mass is 10.1. The van der Waals surface area contributed by atoms with Gasteiger partial charge in [0, 0.05) is 25.2 Å². The fraction of sp³-hybridized carbons (Fsp3) is 0.385. The molecule has 1 aromatic carbocycles. The molecule has 0 heterocycles. The van der Waals surface area contributed by atoms with Crippen LogP contribution < -0.4 is 20.5 Å². The Hall–Kier alpha value is -1.52. The quantitative estimate of drug-likeness (QED) is 0.704. The lowest BCUT2D eigenvalue weighted by Crippen LogP contribution is -2.28. The van der Waals surface area contributed by atoms with Crippen LogP contribution in [0, 0.1) is 0 Å². The molecular weight excluding hydrogens is 216 g/mol. The minimum absolute atomic E-state index is 0.0667. The summed E-state index contributed by atoms with van der Waals surface area (Å²) in [4.78, 5) is 0. The zero-order valence-corrected chi connectivity index (χ0v) is 10.4. The highest BCUT2D eigenvalue weighted by Gasteiger charge is 2.11. The van der Waals surface area contributed by atoms with Gasteiger partial charge in [0.15, 0.2) is 0 Å². The van der Waals surface area contributed by atoms with Crippen molar-refractivity contribution in [1.29, 1.82) is 0 Å². The molecule has 0 amide bonds. The second-order valence-corrected chi connectivity index (χ2v) is 3.63. The van der Waals surface area contributed by atoms with Crippen molar-refractivity contribution >= 4 is 0 Å². The highest BCUT2D eigenvalue weighted by atomic mass is 16.5. The summed E-state index contributed by atoms with van der Waals surface area (Å²) in [6.45, 7) is 4.89. The molecular formula is C13H20N2O2. The first kappa shape index (κ1) is 13.5. The standard InChI is InChI=1S/C13H20N2O2/c1-4-5-15-13(9-14)10-6-11(16-2)8-12(7-10)17-3/h4,6-8,13,15H,1,5,9,14H2,2-3H3. The highest BCUT2D eigenvalue weighted by molar-refractivity contribution is 5.40. The summed E-state index contributed by atoms with van der Waals surface area (Å²) in [5, 5.41) is 3.28. The lowest BCUT2D eigenvalue weighted by molar-refractivity contribution is 0.392. The summed E-state index contributed by atoms with van der Waals surface area (Å²) in [6, 6.07) is 5.81. The Bertz CT molecular complexity index is 344. The molecule has 0 fully saturated rings. The number of nitrogens with two attached hydrogens (primary N) is 1. The van der Waals surface area contributed by atoms with Crippen LogP contribution in [0.2, 0.25) is 0 Å². The van der Waals surface area contributed by atoms with Crippen LogP contribution in [0.3, 0.4) is 0 Å². The zero-order valence-electron chi connectivity index (χ0n) is 10.4. The maximum atomic E-state index is 5.75. The average Bonchev–Trinajstić information content (AvgIpc) is 2.39. The van der Waals surface area contributed by atoms with E-state index in [1.54, 1.807) is 20.3 Å². The summed E-state index contributed by atoms with van der Waals surface area (Å²) in [5.74, 6) is 1.52. The van der Waals surface area contributed by atoms with Gasteiger partial charge in [0.25, 0.3) is 0 Å². The average molecular weight is 236 g/mol. The van der Waals surface area contributed by atoms with Gasteiger partial charge in [-0.3, -0.25) is 0 Å². The van der Waals surface area contributed by atoms with E-state index in [1.165, 1.54) is 0 Å². The molecule has 17 heavy (non-hydrogen) atoms. The van der Waals surface area contributed by atoms with Gasteiger partial charge in [-0.2, -0.15) is 0 Å². The van der Waals surface area contributed by atoms with E-state index in [0.717, 1.165) is 17.1 Å². The van der Waals surface area contributed by atoms with Crippen LogP contribution in [-0.2, 0) is 0 Å². The van der Waals surface area contributed by atoms with Gasteiger partial charge in [-0.1, -0.05) is 6.08 Å². The second-order valence-electron chi connectivity index (χ2n) is 3.63. The summed E-state index contributed by atoms with van der Waals surface area (Å²) >= 11 is 0. The monoisotopic (exact) mass is 236 g/mol. The van der Waals surface area contributed by atoms with Crippen LogP contribution in [0.25, 0.3) is 0 Å². The maximum Gasteiger partial charge on any atom is 0.122 e. The molecule has 0 aliphatic rings. The normalized spacial score (nSPS) is 11.9. The molecule has 0 aromatic heterocycles. The largest absolute Gasteiger partial charge is 0.497 e. The Morgan fingerprint density at radius 1 is 1.29 bits per heavy atom. The Labute approximate surface area is 102 Å². The van der Waals surface area contributed by atoms with Crippen molar-refractivity contribution < 1.29 is 9.47 Å². The van der Waals surface area contributed by atoms with E-state index in [9.17, 15) is 0 Å². The van der Waals surface area contributed by atoms with Gasteiger partial charge >= 0.3 is 0 Å². The highest BCUT2D eigenvalue weighted by Crippen LogP contribution is 2.26. The molecule has 0 aliphatic heterocycles. The molecule has 4 heteroatoms. The molecule has 0 bridgehead atoms. The van der Waals surface area contributed by atoms with E-state index in [4.69, 9.17) is 15.2 Å². The Morgan fingerprint density at radius 2 is 1.88 bits per heavy atom. The number of nitrogens with one attached hydrogen (secondary N) is 1. The van der Waals surface area contributed by atoms with Crippen LogP contribution in [0.1, 0.15) is 11.6 Å². The zero-order chi connectivity index (χ0) is 12.7. The van der Waals surface area contributed by atoms with E-state index in [2.05, 4.69) is 11.9 Å². The number of ether oxygens (including phenoxy) is 2. The Kier molecular flexibility index (Phi) is 5.52. The topological polar surface area (TPSA) is 56.5 Å². The van der Waals surface area contributed by atoms with Crippen molar-refractivity contribution in [1.82, 2.24) is 5.32 Å². The van der Waals surface area contributed by atoms with Gasteiger partial charge in [0.05, 0.1) is 14.2 Å². The summed E-state index contributed by atoms with van der Waals surface area (Å²) in [7, 11) is 3.26. The van der Waals surface area contributed by atoms with Crippen molar-refractivity contribution in [2.75, 3.05) is 27.3 Å². The molecule has 0 saturated heterocycles. The number of methoxy groups -OCH3 is 2. The molecule has 3 N–H and O–H groups in total. The first-order valence-electron chi connectivity index (χ1n) is 5.52. The lowest BCUT2D eigenvalue weighted by Gasteiger charge is -2.18. The number of rotatable bonds is 7. The number of benzene rings is 1. The summed E-state index contributed by atoms with van der Waals surface area (Å²) < 4.78 is 10.5. The molecule has 4 nitrogen and oxygen atoms in total.